The number of rotatable bonds is 2. The lowest BCUT2D eigenvalue weighted by Crippen LogP contribution is -2.39. The Hall–Kier alpha value is -3.53. The van der Waals surface area contributed by atoms with Crippen molar-refractivity contribution in [2.24, 2.45) is 10.8 Å². The first-order valence-electron chi connectivity index (χ1n) is 14.3. The van der Waals surface area contributed by atoms with Gasteiger partial charge >= 0.3 is 0 Å². The normalized spacial score (nSPS) is 22.5. The molecule has 3 heteroatoms. The van der Waals surface area contributed by atoms with E-state index in [1.165, 1.54) is 11.1 Å². The molecular formula is C38H42O2S. The molecule has 0 aromatic heterocycles. The molecule has 0 heterocycles. The van der Waals surface area contributed by atoms with Crippen LogP contribution in [0.2, 0.25) is 0 Å². The second-order valence-electron chi connectivity index (χ2n) is 13.5. The van der Waals surface area contributed by atoms with Crippen molar-refractivity contribution in [3.8, 4) is 22.3 Å². The molecule has 0 radical (unpaired) electrons. The van der Waals surface area contributed by atoms with Crippen molar-refractivity contribution >= 4 is 9.84 Å². The molecule has 2 aromatic rings. The standard InChI is InChI=1S/C38H42O2S/c1-29-17-23-37(24-18-29,35(3,4)5)33-15-11-9-13-31(33)21-27-41(39,40)28-22-32-14-10-12-16-34(32)38(36(6,7)8)25-19-30(2)20-26-38/h9-20,23,25H,24,26H2,1-8H3. The summed E-state index contributed by atoms with van der Waals surface area (Å²) >= 11 is 0. The first-order chi connectivity index (χ1) is 19.1. The Bertz CT molecular complexity index is 1570. The molecule has 0 amide bonds. The number of allylic oxidation sites excluding steroid dienone is 8. The van der Waals surface area contributed by atoms with Crippen molar-refractivity contribution < 1.29 is 8.42 Å². The monoisotopic (exact) mass is 562 g/mol. The maximum absolute atomic E-state index is 13.2. The van der Waals surface area contributed by atoms with E-state index < -0.39 is 9.84 Å². The molecule has 212 valence electrons. The molecule has 0 bridgehead atoms. The highest BCUT2D eigenvalue weighted by atomic mass is 32.2. The van der Waals surface area contributed by atoms with Gasteiger partial charge in [0.05, 0.1) is 0 Å². The molecule has 4 rings (SSSR count). The van der Waals surface area contributed by atoms with E-state index in [1.54, 1.807) is 0 Å². The van der Waals surface area contributed by atoms with Crippen LogP contribution in [0.1, 0.15) is 90.5 Å². The predicted molar refractivity (Wildman–Crippen MR) is 173 cm³/mol. The SMILES string of the molecule is CC1=CCC(c2ccccc2C#CS(=O)(=O)C#Cc2ccccc2C2(C(C)(C)C)C=CC(C)=CC2)(C(C)(C)C)C=C1. The Labute approximate surface area is 248 Å². The minimum absolute atomic E-state index is 0.106. The number of hydrogen-bond donors (Lipinski definition) is 0. The quantitative estimate of drug-likeness (QED) is 0.343. The second kappa shape index (κ2) is 11.0. The Morgan fingerprint density at radius 2 is 1.00 bits per heavy atom. The highest BCUT2D eigenvalue weighted by molar-refractivity contribution is 8.00. The maximum Gasteiger partial charge on any atom is 0.284 e. The zero-order valence-corrected chi connectivity index (χ0v) is 26.5. The van der Waals surface area contributed by atoms with E-state index in [2.05, 4.69) is 126 Å². The van der Waals surface area contributed by atoms with Gasteiger partial charge < -0.3 is 0 Å². The van der Waals surface area contributed by atoms with E-state index in [0.29, 0.717) is 11.1 Å². The van der Waals surface area contributed by atoms with Crippen LogP contribution in [-0.2, 0) is 20.7 Å². The smallest absolute Gasteiger partial charge is 0.202 e. The van der Waals surface area contributed by atoms with Gasteiger partial charge in [-0.05, 0) is 72.6 Å². The van der Waals surface area contributed by atoms with Crippen LogP contribution in [0.5, 0.6) is 0 Å². The summed E-state index contributed by atoms with van der Waals surface area (Å²) in [5.74, 6) is 5.99. The van der Waals surface area contributed by atoms with Crippen molar-refractivity contribution in [3.63, 3.8) is 0 Å². The van der Waals surface area contributed by atoms with Crippen molar-refractivity contribution in [3.05, 3.63) is 118 Å². The molecule has 0 fully saturated rings. The van der Waals surface area contributed by atoms with E-state index in [1.807, 2.05) is 36.4 Å². The Balaban J connectivity index is 1.75. The van der Waals surface area contributed by atoms with Gasteiger partial charge in [-0.25, -0.2) is 8.42 Å². The van der Waals surface area contributed by atoms with Gasteiger partial charge in [-0.1, -0.05) is 126 Å². The maximum atomic E-state index is 13.2. The molecule has 0 saturated carbocycles. The Morgan fingerprint density at radius 1 is 0.634 bits per heavy atom. The summed E-state index contributed by atoms with van der Waals surface area (Å²) in [4.78, 5) is 0. The second-order valence-corrected chi connectivity index (χ2v) is 14.9. The van der Waals surface area contributed by atoms with Crippen LogP contribution < -0.4 is 0 Å². The summed E-state index contributed by atoms with van der Waals surface area (Å²) in [6.07, 6.45) is 15.0. The van der Waals surface area contributed by atoms with Crippen LogP contribution in [0, 0.1) is 33.2 Å². The molecule has 0 spiro atoms. The van der Waals surface area contributed by atoms with E-state index in [9.17, 15) is 8.42 Å². The molecule has 0 N–H and O–H groups in total. The Kier molecular flexibility index (Phi) is 8.19. The van der Waals surface area contributed by atoms with Crippen molar-refractivity contribution in [2.45, 2.75) is 79.1 Å². The van der Waals surface area contributed by atoms with Crippen molar-refractivity contribution in [2.75, 3.05) is 0 Å². The van der Waals surface area contributed by atoms with Crippen LogP contribution in [0.15, 0.2) is 96.1 Å². The first kappa shape index (κ1) is 30.4. The van der Waals surface area contributed by atoms with Gasteiger partial charge in [-0.3, -0.25) is 0 Å². The summed E-state index contributed by atoms with van der Waals surface area (Å²) in [6, 6.07) is 15.8. The molecule has 2 atom stereocenters. The molecule has 2 unspecified atom stereocenters. The highest BCUT2D eigenvalue weighted by Crippen LogP contribution is 2.50. The lowest BCUT2D eigenvalue weighted by atomic mass is 9.58. The summed E-state index contributed by atoms with van der Waals surface area (Å²) in [7, 11) is -3.98. The van der Waals surface area contributed by atoms with Crippen molar-refractivity contribution in [1.82, 2.24) is 0 Å². The van der Waals surface area contributed by atoms with E-state index in [4.69, 9.17) is 0 Å². The number of sulfone groups is 1. The molecule has 2 nitrogen and oxygen atoms in total. The van der Waals surface area contributed by atoms with E-state index in [0.717, 1.165) is 24.0 Å². The molecule has 2 aliphatic rings. The third kappa shape index (κ3) is 6.07. The van der Waals surface area contributed by atoms with E-state index in [-0.39, 0.29) is 21.7 Å². The van der Waals surface area contributed by atoms with Gasteiger partial charge in [-0.15, -0.1) is 0 Å². The van der Waals surface area contributed by atoms with Crippen LogP contribution in [0.4, 0.5) is 0 Å². The highest BCUT2D eigenvalue weighted by Gasteiger charge is 2.43. The van der Waals surface area contributed by atoms with Gasteiger partial charge in [0, 0.05) is 32.5 Å². The van der Waals surface area contributed by atoms with Gasteiger partial charge in [0.1, 0.15) is 0 Å². The van der Waals surface area contributed by atoms with Gasteiger partial charge in [0.2, 0.25) is 0 Å². The lowest BCUT2D eigenvalue weighted by molar-refractivity contribution is 0.236. The molecule has 0 saturated heterocycles. The van der Waals surface area contributed by atoms with Crippen molar-refractivity contribution in [1.29, 1.82) is 0 Å². The molecule has 41 heavy (non-hydrogen) atoms. The summed E-state index contributed by atoms with van der Waals surface area (Å²) < 4.78 is 26.4. The van der Waals surface area contributed by atoms with Gasteiger partial charge in [0.15, 0.2) is 0 Å². The third-order valence-electron chi connectivity index (χ3n) is 8.89. The molecular weight excluding hydrogens is 520 g/mol. The van der Waals surface area contributed by atoms with Gasteiger partial charge in [-0.2, -0.15) is 0 Å². The molecule has 0 aliphatic heterocycles. The van der Waals surface area contributed by atoms with E-state index >= 15 is 0 Å². The average molecular weight is 563 g/mol. The minimum atomic E-state index is -3.98. The average Bonchev–Trinajstić information content (AvgIpc) is 2.91. The Morgan fingerprint density at radius 3 is 1.32 bits per heavy atom. The minimum Gasteiger partial charge on any atom is -0.202 e. The largest absolute Gasteiger partial charge is 0.284 e. The molecule has 2 aromatic carbocycles. The fourth-order valence-corrected chi connectivity index (χ4v) is 6.56. The summed E-state index contributed by atoms with van der Waals surface area (Å²) in [6.45, 7) is 17.5. The summed E-state index contributed by atoms with van der Waals surface area (Å²) in [5.41, 5.74) is 5.15. The zero-order valence-electron chi connectivity index (χ0n) is 25.7. The van der Waals surface area contributed by atoms with Gasteiger partial charge in [0.25, 0.3) is 9.84 Å². The number of benzene rings is 2. The topological polar surface area (TPSA) is 34.1 Å². The molecule has 2 aliphatic carbocycles. The van der Waals surface area contributed by atoms with Crippen LogP contribution >= 0.6 is 0 Å². The predicted octanol–water partition coefficient (Wildman–Crippen LogP) is 8.80. The van der Waals surface area contributed by atoms with Crippen LogP contribution in [-0.4, -0.2) is 8.42 Å². The number of hydrogen-bond acceptors (Lipinski definition) is 2. The van der Waals surface area contributed by atoms with Crippen LogP contribution in [0.3, 0.4) is 0 Å². The fraction of sp³-hybridized carbons (Fsp3) is 0.368. The first-order valence-corrected chi connectivity index (χ1v) is 15.8. The lowest BCUT2D eigenvalue weighted by Gasteiger charge is -2.45. The van der Waals surface area contributed by atoms with Crippen LogP contribution in [0.25, 0.3) is 0 Å². The third-order valence-corrected chi connectivity index (χ3v) is 9.63. The summed E-state index contributed by atoms with van der Waals surface area (Å²) in [5, 5.41) is 5.07. The zero-order chi connectivity index (χ0) is 30.1. The fourth-order valence-electron chi connectivity index (χ4n) is 6.02.